The molecular formula is C26H32N2O4. The molecule has 2 aromatic carbocycles. The molecule has 0 aromatic heterocycles. The number of ether oxygens (including phenoxy) is 2. The molecular weight excluding hydrogens is 404 g/mol. The summed E-state index contributed by atoms with van der Waals surface area (Å²) >= 11 is 0. The van der Waals surface area contributed by atoms with Crippen LogP contribution in [0.2, 0.25) is 0 Å². The lowest BCUT2D eigenvalue weighted by molar-refractivity contribution is -0.137. The molecule has 0 radical (unpaired) electrons. The third kappa shape index (κ3) is 4.65. The van der Waals surface area contributed by atoms with Gasteiger partial charge in [-0.25, -0.2) is 4.79 Å². The van der Waals surface area contributed by atoms with Crippen molar-refractivity contribution in [1.82, 2.24) is 10.2 Å². The molecule has 170 valence electrons. The Morgan fingerprint density at radius 1 is 0.969 bits per heavy atom. The number of nitrogens with zero attached hydrogens (tertiary/aromatic N) is 1. The lowest BCUT2D eigenvalue weighted by Gasteiger charge is -2.46. The van der Waals surface area contributed by atoms with E-state index in [4.69, 9.17) is 9.47 Å². The fourth-order valence-electron chi connectivity index (χ4n) is 4.87. The predicted octanol–water partition coefficient (Wildman–Crippen LogP) is 4.29. The average molecular weight is 437 g/mol. The summed E-state index contributed by atoms with van der Waals surface area (Å²) in [5, 5.41) is 3.07. The largest absolute Gasteiger partial charge is 0.444 e. The third-order valence-corrected chi connectivity index (χ3v) is 6.24. The van der Waals surface area contributed by atoms with Crippen molar-refractivity contribution in [2.24, 2.45) is 5.41 Å². The fraction of sp³-hybridized carbons (Fsp3) is 0.462. The van der Waals surface area contributed by atoms with Gasteiger partial charge in [-0.3, -0.25) is 9.69 Å². The lowest BCUT2D eigenvalue weighted by Crippen LogP contribution is -2.58. The number of carbonyl (C=O) groups is 2. The van der Waals surface area contributed by atoms with Gasteiger partial charge in [0.1, 0.15) is 5.60 Å². The lowest BCUT2D eigenvalue weighted by atomic mass is 9.61. The van der Waals surface area contributed by atoms with E-state index in [1.54, 1.807) is 4.90 Å². The molecule has 2 amide bonds. The van der Waals surface area contributed by atoms with Crippen molar-refractivity contribution in [3.8, 4) is 0 Å². The van der Waals surface area contributed by atoms with Gasteiger partial charge in [-0.1, -0.05) is 60.7 Å². The molecule has 2 bridgehead atoms. The van der Waals surface area contributed by atoms with E-state index in [1.165, 1.54) is 0 Å². The van der Waals surface area contributed by atoms with Gasteiger partial charge in [0.15, 0.2) is 0 Å². The summed E-state index contributed by atoms with van der Waals surface area (Å²) in [6.07, 6.45) is 0.805. The molecule has 32 heavy (non-hydrogen) atoms. The molecule has 0 spiro atoms. The van der Waals surface area contributed by atoms with E-state index in [0.29, 0.717) is 39.1 Å². The van der Waals surface area contributed by atoms with Crippen molar-refractivity contribution in [3.63, 3.8) is 0 Å². The van der Waals surface area contributed by atoms with Gasteiger partial charge in [0.05, 0.1) is 24.2 Å². The Hall–Kier alpha value is -2.86. The number of nitrogens with one attached hydrogen (secondary N) is 1. The first-order valence-electron chi connectivity index (χ1n) is 11.2. The molecule has 1 N–H and O–H groups in total. The van der Waals surface area contributed by atoms with Crippen molar-refractivity contribution in [2.75, 3.05) is 13.2 Å². The molecule has 1 saturated carbocycles. The SMILES string of the molecule is CC(C)(C)OC(=O)N1CC2(C(=O)NCc3ccccc3)CC1(COCc1ccccc1)C2. The number of amides is 2. The predicted molar refractivity (Wildman–Crippen MR) is 122 cm³/mol. The summed E-state index contributed by atoms with van der Waals surface area (Å²) in [6.45, 7) is 7.25. The number of hydrogen-bond donors (Lipinski definition) is 1. The topological polar surface area (TPSA) is 67.9 Å². The summed E-state index contributed by atoms with van der Waals surface area (Å²) in [4.78, 5) is 27.9. The Morgan fingerprint density at radius 3 is 2.16 bits per heavy atom. The highest BCUT2D eigenvalue weighted by atomic mass is 16.6. The average Bonchev–Trinajstić information content (AvgIpc) is 3.24. The van der Waals surface area contributed by atoms with Crippen molar-refractivity contribution < 1.29 is 19.1 Å². The minimum Gasteiger partial charge on any atom is -0.444 e. The molecule has 2 heterocycles. The minimum atomic E-state index is -0.598. The van der Waals surface area contributed by atoms with Gasteiger partial charge in [-0.2, -0.15) is 0 Å². The van der Waals surface area contributed by atoms with Crippen LogP contribution in [0.1, 0.15) is 44.7 Å². The van der Waals surface area contributed by atoms with E-state index in [-0.39, 0.29) is 12.0 Å². The van der Waals surface area contributed by atoms with Crippen molar-refractivity contribution in [1.29, 1.82) is 0 Å². The fourth-order valence-corrected chi connectivity index (χ4v) is 4.87. The van der Waals surface area contributed by atoms with Crippen LogP contribution < -0.4 is 5.32 Å². The Bertz CT molecular complexity index is 947. The van der Waals surface area contributed by atoms with E-state index in [2.05, 4.69) is 5.32 Å². The quantitative estimate of drug-likeness (QED) is 0.703. The van der Waals surface area contributed by atoms with Crippen LogP contribution in [0.5, 0.6) is 0 Å². The summed E-state index contributed by atoms with van der Waals surface area (Å²) < 4.78 is 11.7. The van der Waals surface area contributed by atoms with Crippen LogP contribution >= 0.6 is 0 Å². The summed E-state index contributed by atoms with van der Waals surface area (Å²) in [5.41, 5.74) is 0.454. The Kier molecular flexibility index (Phi) is 5.99. The zero-order chi connectivity index (χ0) is 22.8. The van der Waals surface area contributed by atoms with Crippen LogP contribution in [-0.4, -0.2) is 41.2 Å². The van der Waals surface area contributed by atoms with Gasteiger partial charge in [0.2, 0.25) is 5.91 Å². The highest BCUT2D eigenvalue weighted by Crippen LogP contribution is 2.60. The van der Waals surface area contributed by atoms with E-state index in [9.17, 15) is 9.59 Å². The van der Waals surface area contributed by atoms with Crippen LogP contribution in [0.25, 0.3) is 0 Å². The highest BCUT2D eigenvalue weighted by Gasteiger charge is 2.70. The maximum atomic E-state index is 13.1. The van der Waals surface area contributed by atoms with Crippen molar-refractivity contribution >= 4 is 12.0 Å². The Balaban J connectivity index is 1.43. The first-order valence-corrected chi connectivity index (χ1v) is 11.2. The van der Waals surface area contributed by atoms with Crippen LogP contribution in [0, 0.1) is 5.41 Å². The first-order chi connectivity index (χ1) is 15.2. The zero-order valence-corrected chi connectivity index (χ0v) is 19.1. The number of carbonyl (C=O) groups excluding carboxylic acids is 2. The molecule has 0 unspecified atom stereocenters. The third-order valence-electron chi connectivity index (χ3n) is 6.24. The number of hydrogen-bond acceptors (Lipinski definition) is 4. The molecule has 2 aromatic rings. The molecule has 5 rings (SSSR count). The van der Waals surface area contributed by atoms with E-state index in [1.807, 2.05) is 81.4 Å². The Labute approximate surface area is 189 Å². The Morgan fingerprint density at radius 2 is 1.56 bits per heavy atom. The monoisotopic (exact) mass is 436 g/mol. The molecule has 6 heteroatoms. The number of benzene rings is 2. The summed E-state index contributed by atoms with van der Waals surface area (Å²) in [7, 11) is 0. The summed E-state index contributed by atoms with van der Waals surface area (Å²) in [6, 6.07) is 19.8. The molecule has 3 aliphatic rings. The van der Waals surface area contributed by atoms with Gasteiger partial charge in [0, 0.05) is 13.1 Å². The van der Waals surface area contributed by atoms with E-state index in [0.717, 1.165) is 11.1 Å². The van der Waals surface area contributed by atoms with Gasteiger partial charge < -0.3 is 14.8 Å². The van der Waals surface area contributed by atoms with Gasteiger partial charge in [-0.05, 0) is 44.7 Å². The maximum Gasteiger partial charge on any atom is 0.410 e. The molecule has 3 fully saturated rings. The minimum absolute atomic E-state index is 0.00824. The zero-order valence-electron chi connectivity index (χ0n) is 19.1. The van der Waals surface area contributed by atoms with E-state index >= 15 is 0 Å². The normalized spacial score (nSPS) is 24.0. The number of rotatable bonds is 7. The standard InChI is InChI=1S/C26H32N2O4/c1-24(2,3)32-23(30)28-18-25(22(29)27-14-20-10-6-4-7-11-20)16-26(28,17-25)19-31-15-21-12-8-5-9-13-21/h4-13H,14-19H2,1-3H3,(H,27,29). The maximum absolute atomic E-state index is 13.1. The van der Waals surface area contributed by atoms with Gasteiger partial charge in [-0.15, -0.1) is 0 Å². The number of fused-ring (bicyclic) bond motifs is 1. The summed E-state index contributed by atoms with van der Waals surface area (Å²) in [5.74, 6) is -0.00824. The second-order valence-corrected chi connectivity index (χ2v) is 10.1. The molecule has 1 aliphatic carbocycles. The molecule has 0 atom stereocenters. The van der Waals surface area contributed by atoms with Gasteiger partial charge in [0.25, 0.3) is 0 Å². The second-order valence-electron chi connectivity index (χ2n) is 10.1. The smallest absolute Gasteiger partial charge is 0.410 e. The molecule has 2 aliphatic heterocycles. The van der Waals surface area contributed by atoms with Crippen LogP contribution in [0.3, 0.4) is 0 Å². The van der Waals surface area contributed by atoms with Crippen LogP contribution in [0.15, 0.2) is 60.7 Å². The van der Waals surface area contributed by atoms with Crippen LogP contribution in [0.4, 0.5) is 4.79 Å². The second kappa shape index (κ2) is 8.58. The van der Waals surface area contributed by atoms with Crippen molar-refractivity contribution in [2.45, 2.75) is 57.9 Å². The highest BCUT2D eigenvalue weighted by molar-refractivity contribution is 5.87. The van der Waals surface area contributed by atoms with Crippen molar-refractivity contribution in [3.05, 3.63) is 71.8 Å². The van der Waals surface area contributed by atoms with E-state index < -0.39 is 16.6 Å². The first kappa shape index (κ1) is 22.3. The van der Waals surface area contributed by atoms with Crippen LogP contribution in [-0.2, 0) is 27.4 Å². The van der Waals surface area contributed by atoms with Gasteiger partial charge >= 0.3 is 6.09 Å². The molecule has 2 saturated heterocycles. The molecule has 6 nitrogen and oxygen atoms in total.